The van der Waals surface area contributed by atoms with E-state index in [4.69, 9.17) is 11.6 Å². The average Bonchev–Trinajstić information content (AvgIpc) is 3.34. The molecule has 3 amide bonds. The van der Waals surface area contributed by atoms with Gasteiger partial charge < -0.3 is 5.32 Å². The smallest absolute Gasteiger partial charge is 0.250 e. The normalized spacial score (nSPS) is 28.6. The third-order valence-electron chi connectivity index (χ3n) is 7.13. The summed E-state index contributed by atoms with van der Waals surface area (Å²) in [6.45, 7) is 6.23. The van der Waals surface area contributed by atoms with Crippen molar-refractivity contribution in [2.45, 2.75) is 38.8 Å². The van der Waals surface area contributed by atoms with E-state index in [0.29, 0.717) is 29.2 Å². The molecule has 7 heteroatoms. The highest BCUT2D eigenvalue weighted by atomic mass is 35.5. The molecule has 2 saturated heterocycles. The minimum atomic E-state index is -1.29. The lowest BCUT2D eigenvalue weighted by molar-refractivity contribution is -0.142. The molecule has 2 fully saturated rings. The Morgan fingerprint density at radius 1 is 1.09 bits per heavy atom. The molecule has 4 atom stereocenters. The van der Waals surface area contributed by atoms with Gasteiger partial charge in [-0.2, -0.15) is 0 Å². The topological polar surface area (TPSA) is 78.5 Å². The summed E-state index contributed by atoms with van der Waals surface area (Å²) in [6.07, 6.45) is 0.582. The van der Waals surface area contributed by atoms with Crippen molar-refractivity contribution < 1.29 is 14.4 Å². The van der Waals surface area contributed by atoms with E-state index < -0.39 is 17.4 Å². The van der Waals surface area contributed by atoms with Gasteiger partial charge in [0.1, 0.15) is 5.54 Å². The van der Waals surface area contributed by atoms with Crippen LogP contribution in [0.5, 0.6) is 0 Å². The number of aryl methyl sites for hydroxylation is 1. The van der Waals surface area contributed by atoms with Crippen molar-refractivity contribution in [2.24, 2.45) is 17.8 Å². The van der Waals surface area contributed by atoms with E-state index in [0.717, 1.165) is 11.1 Å². The second kappa shape index (κ2) is 7.42. The van der Waals surface area contributed by atoms with E-state index in [9.17, 15) is 14.4 Å². The van der Waals surface area contributed by atoms with Crippen molar-refractivity contribution in [1.29, 1.82) is 0 Å². The Hall–Kier alpha value is -2.70. The third kappa shape index (κ3) is 2.86. The Balaban J connectivity index is 1.58. The molecule has 5 rings (SSSR count). The molecular formula is C25H26ClN3O3. The zero-order valence-corrected chi connectivity index (χ0v) is 19.1. The Morgan fingerprint density at radius 2 is 1.81 bits per heavy atom. The molecule has 6 nitrogen and oxygen atoms in total. The first kappa shape index (κ1) is 21.2. The predicted molar refractivity (Wildman–Crippen MR) is 122 cm³/mol. The van der Waals surface area contributed by atoms with Gasteiger partial charge in [-0.05, 0) is 36.5 Å². The average molecular weight is 452 g/mol. The number of hydrogen-bond acceptors (Lipinski definition) is 4. The van der Waals surface area contributed by atoms with Crippen molar-refractivity contribution in [1.82, 2.24) is 10.2 Å². The number of imide groups is 1. The van der Waals surface area contributed by atoms with Crippen molar-refractivity contribution in [3.05, 3.63) is 64.2 Å². The van der Waals surface area contributed by atoms with E-state index in [-0.39, 0.29) is 29.7 Å². The molecule has 0 aliphatic carbocycles. The number of anilines is 1. The van der Waals surface area contributed by atoms with E-state index in [1.165, 1.54) is 4.90 Å². The van der Waals surface area contributed by atoms with Gasteiger partial charge >= 0.3 is 0 Å². The Labute approximate surface area is 192 Å². The minimum absolute atomic E-state index is 0.0600. The Kier molecular flexibility index (Phi) is 4.91. The summed E-state index contributed by atoms with van der Waals surface area (Å²) in [5.74, 6) is -2.12. The van der Waals surface area contributed by atoms with Gasteiger partial charge in [0.15, 0.2) is 0 Å². The summed E-state index contributed by atoms with van der Waals surface area (Å²) in [6, 6.07) is 13.2. The van der Waals surface area contributed by atoms with Gasteiger partial charge in [0.2, 0.25) is 17.7 Å². The number of fused-ring (bicyclic) bond motifs is 4. The first-order chi connectivity index (χ1) is 15.3. The fraction of sp³-hybridized carbons (Fsp3) is 0.400. The molecule has 0 saturated carbocycles. The van der Waals surface area contributed by atoms with E-state index in [1.807, 2.05) is 57.2 Å². The van der Waals surface area contributed by atoms with Crippen LogP contribution >= 0.6 is 11.6 Å². The van der Waals surface area contributed by atoms with Crippen LogP contribution < -0.4 is 10.6 Å². The minimum Gasteiger partial charge on any atom is -0.323 e. The highest BCUT2D eigenvalue weighted by molar-refractivity contribution is 6.35. The van der Waals surface area contributed by atoms with Crippen molar-refractivity contribution >= 4 is 35.0 Å². The van der Waals surface area contributed by atoms with Crippen molar-refractivity contribution in [3.63, 3.8) is 0 Å². The fourth-order valence-corrected chi connectivity index (χ4v) is 5.99. The summed E-state index contributed by atoms with van der Waals surface area (Å²) < 4.78 is 0. The molecule has 2 aromatic rings. The SMILES string of the molecule is Cc1cc(Cl)c2c(c1)[C@@]1(N[C@H](C(C)C)[C@H]3C(=O)N(CCc4ccccc4)C(=O)[C@H]31)C(=O)N2. The number of carbonyl (C=O) groups is 3. The van der Waals surface area contributed by atoms with Crippen LogP contribution in [0.15, 0.2) is 42.5 Å². The Morgan fingerprint density at radius 3 is 2.50 bits per heavy atom. The molecule has 0 radical (unpaired) electrons. The molecule has 2 N–H and O–H groups in total. The van der Waals surface area contributed by atoms with Crippen LogP contribution in [0.25, 0.3) is 0 Å². The molecule has 0 bridgehead atoms. The van der Waals surface area contributed by atoms with Crippen LogP contribution in [0.1, 0.15) is 30.5 Å². The standard InChI is InChI=1S/C25H26ClN3O3/c1-13(2)20-18-19(23(31)29(22(18)30)10-9-15-7-5-4-6-8-15)25(28-20)16-11-14(3)12-17(26)21(16)27-24(25)32/h4-8,11-13,18-20,28H,9-10H2,1-3H3,(H,27,32)/t18-,19-,20+,25-/m0/s1. The third-order valence-corrected chi connectivity index (χ3v) is 7.43. The van der Waals surface area contributed by atoms with Gasteiger partial charge in [-0.1, -0.05) is 61.8 Å². The number of benzene rings is 2. The van der Waals surface area contributed by atoms with Gasteiger partial charge in [0.05, 0.1) is 22.5 Å². The summed E-state index contributed by atoms with van der Waals surface area (Å²) >= 11 is 6.45. The largest absolute Gasteiger partial charge is 0.323 e. The van der Waals surface area contributed by atoms with Crippen LogP contribution in [-0.4, -0.2) is 35.2 Å². The molecule has 166 valence electrons. The highest BCUT2D eigenvalue weighted by Crippen LogP contribution is 2.55. The lowest BCUT2D eigenvalue weighted by atomic mass is 9.75. The first-order valence-corrected chi connectivity index (χ1v) is 11.4. The van der Waals surface area contributed by atoms with Crippen molar-refractivity contribution in [2.75, 3.05) is 11.9 Å². The van der Waals surface area contributed by atoms with E-state index >= 15 is 0 Å². The number of rotatable bonds is 4. The summed E-state index contributed by atoms with van der Waals surface area (Å²) in [7, 11) is 0. The van der Waals surface area contributed by atoms with Gasteiger partial charge in [-0.15, -0.1) is 0 Å². The summed E-state index contributed by atoms with van der Waals surface area (Å²) in [5.41, 5.74) is 1.86. The molecule has 0 aromatic heterocycles. The van der Waals surface area contributed by atoms with Crippen LogP contribution in [0.3, 0.4) is 0 Å². The van der Waals surface area contributed by atoms with Crippen LogP contribution in [-0.2, 0) is 26.3 Å². The molecule has 3 heterocycles. The number of likely N-dealkylation sites (tertiary alicyclic amines) is 1. The fourth-order valence-electron chi connectivity index (χ4n) is 5.66. The Bertz CT molecular complexity index is 1130. The molecule has 2 aromatic carbocycles. The maximum absolute atomic E-state index is 13.7. The lowest BCUT2D eigenvalue weighted by Gasteiger charge is -2.30. The number of amides is 3. The zero-order chi connectivity index (χ0) is 22.8. The monoisotopic (exact) mass is 451 g/mol. The van der Waals surface area contributed by atoms with Gasteiger partial charge in [-0.3, -0.25) is 24.6 Å². The van der Waals surface area contributed by atoms with Gasteiger partial charge in [-0.25, -0.2) is 0 Å². The highest BCUT2D eigenvalue weighted by Gasteiger charge is 2.70. The summed E-state index contributed by atoms with van der Waals surface area (Å²) in [5, 5.41) is 6.77. The predicted octanol–water partition coefficient (Wildman–Crippen LogP) is 3.27. The molecule has 1 spiro atoms. The van der Waals surface area contributed by atoms with Crippen LogP contribution in [0.4, 0.5) is 5.69 Å². The number of nitrogens with one attached hydrogen (secondary N) is 2. The quantitative estimate of drug-likeness (QED) is 0.699. The second-order valence-electron chi connectivity index (χ2n) is 9.41. The summed E-state index contributed by atoms with van der Waals surface area (Å²) in [4.78, 5) is 42.1. The van der Waals surface area contributed by atoms with Crippen LogP contribution in [0.2, 0.25) is 5.02 Å². The van der Waals surface area contributed by atoms with E-state index in [2.05, 4.69) is 10.6 Å². The van der Waals surface area contributed by atoms with Gasteiger partial charge in [0.25, 0.3) is 0 Å². The lowest BCUT2D eigenvalue weighted by Crippen LogP contribution is -2.54. The number of halogens is 1. The number of hydrogen-bond donors (Lipinski definition) is 2. The second-order valence-corrected chi connectivity index (χ2v) is 9.82. The van der Waals surface area contributed by atoms with E-state index in [1.54, 1.807) is 6.07 Å². The molecule has 3 aliphatic rings. The molecule has 0 unspecified atom stereocenters. The molecule has 3 aliphatic heterocycles. The molecule has 32 heavy (non-hydrogen) atoms. The number of carbonyl (C=O) groups excluding carboxylic acids is 3. The van der Waals surface area contributed by atoms with Crippen LogP contribution in [0, 0.1) is 24.7 Å². The zero-order valence-electron chi connectivity index (χ0n) is 18.3. The number of nitrogens with zero attached hydrogens (tertiary/aromatic N) is 1. The first-order valence-electron chi connectivity index (χ1n) is 11.0. The van der Waals surface area contributed by atoms with Gasteiger partial charge in [0, 0.05) is 18.2 Å². The maximum atomic E-state index is 13.7. The van der Waals surface area contributed by atoms with Crippen molar-refractivity contribution in [3.8, 4) is 0 Å². The molecular weight excluding hydrogens is 426 g/mol. The maximum Gasteiger partial charge on any atom is 0.250 e.